The first kappa shape index (κ1) is 38.9. The van der Waals surface area contributed by atoms with E-state index in [-0.39, 0.29) is 42.7 Å². The Labute approximate surface area is 292 Å². The van der Waals surface area contributed by atoms with Crippen molar-refractivity contribution in [3.63, 3.8) is 0 Å². The van der Waals surface area contributed by atoms with Crippen molar-refractivity contribution in [1.82, 2.24) is 0 Å². The third kappa shape index (κ3) is 6.89. The molecule has 1 saturated carbocycles. The highest BCUT2D eigenvalue weighted by atomic mass is 32.2. The highest BCUT2D eigenvalue weighted by molar-refractivity contribution is 7.93. The van der Waals surface area contributed by atoms with Gasteiger partial charge in [0.1, 0.15) is 23.3 Å². The lowest BCUT2D eigenvalue weighted by Gasteiger charge is -2.52. The average molecular weight is 732 g/mol. The van der Waals surface area contributed by atoms with Gasteiger partial charge in [0.2, 0.25) is 0 Å². The maximum absolute atomic E-state index is 15.7. The second kappa shape index (κ2) is 15.6. The molecule has 0 radical (unpaired) electrons. The number of carbonyl (C=O) groups is 2. The Morgan fingerprint density at radius 2 is 1.64 bits per heavy atom. The number of Topliss-reactive ketones (excluding diaryl/α,β-unsaturated/α-hetero) is 1. The number of hydrogen-bond donors (Lipinski definition) is 3. The van der Waals surface area contributed by atoms with Crippen LogP contribution in [0.2, 0.25) is 0 Å². The minimum atomic E-state index is -5.26. The smallest absolute Gasteiger partial charge is 0.339 e. The van der Waals surface area contributed by atoms with E-state index in [1.807, 2.05) is 0 Å². The summed E-state index contributed by atoms with van der Waals surface area (Å²) in [5, 5.41) is 10.5. The molecule has 0 spiro atoms. The Bertz CT molecular complexity index is 1920. The van der Waals surface area contributed by atoms with Crippen LogP contribution in [-0.4, -0.2) is 57.4 Å². The first-order chi connectivity index (χ1) is 23.7. The fourth-order valence-electron chi connectivity index (χ4n) is 7.19. The van der Waals surface area contributed by atoms with Gasteiger partial charge in [-0.15, -0.1) is 0 Å². The zero-order valence-corrected chi connectivity index (χ0v) is 29.8. The Balaban J connectivity index is 2.15. The van der Waals surface area contributed by atoms with Crippen LogP contribution in [0.15, 0.2) is 86.9 Å². The number of rotatable bonds is 20. The summed E-state index contributed by atoms with van der Waals surface area (Å²) in [7, 11) is -8.80. The largest absolute Gasteiger partial charge is 0.508 e. The molecule has 15 heteroatoms. The van der Waals surface area contributed by atoms with E-state index in [0.29, 0.717) is 19.3 Å². The van der Waals surface area contributed by atoms with E-state index in [9.17, 15) is 31.5 Å². The van der Waals surface area contributed by atoms with Gasteiger partial charge in [-0.25, -0.2) is 13.2 Å². The van der Waals surface area contributed by atoms with Crippen LogP contribution in [0.1, 0.15) is 70.5 Å². The average Bonchev–Trinajstić information content (AvgIpc) is 3.95. The number of ketones is 1. The number of para-hydroxylation sites is 1. The van der Waals surface area contributed by atoms with Gasteiger partial charge < -0.3 is 30.7 Å². The molecule has 50 heavy (non-hydrogen) atoms. The lowest BCUT2D eigenvalue weighted by Crippen LogP contribution is -2.76. The monoisotopic (exact) mass is 731 g/mol. The molecule has 5 N–H and O–H groups in total. The van der Waals surface area contributed by atoms with Gasteiger partial charge in [-0.2, -0.15) is 8.42 Å². The minimum Gasteiger partial charge on any atom is -0.508 e. The number of anilines is 1. The van der Waals surface area contributed by atoms with E-state index in [4.69, 9.17) is 20.1 Å². The van der Waals surface area contributed by atoms with E-state index in [0.717, 1.165) is 30.4 Å². The van der Waals surface area contributed by atoms with Crippen molar-refractivity contribution in [3.8, 4) is 5.75 Å². The van der Waals surface area contributed by atoms with Crippen molar-refractivity contribution in [2.45, 2.75) is 84.8 Å². The fraction of sp³-hybridized carbons (Fsp3) is 0.457. The highest BCUT2D eigenvalue weighted by Gasteiger charge is 2.71. The standard InChI is InChI=1S/C35H45N3O10S2/c1-3-19-34(37,31-22-28(40)23-32(42)48-31)35(50(45,46)47-2,38(25-36)27-13-7-4-8-14-27)30(41)24-33(26-17-18-26,20-11-6-12-21-39)49(43,44)29-15-9-5-10-16-29/h4-5,7-10,13-16,21-23,26,40H,3,6,11-12,17-20,24-25,36-37H2,1-2H3. The molecule has 3 unspecified atom stereocenters. The molecule has 0 amide bonds. The van der Waals surface area contributed by atoms with Gasteiger partial charge >= 0.3 is 15.7 Å². The Kier molecular flexibility index (Phi) is 12.1. The van der Waals surface area contributed by atoms with Crippen LogP contribution >= 0.6 is 0 Å². The molecule has 2 aromatic carbocycles. The maximum atomic E-state index is 15.7. The second-order valence-electron chi connectivity index (χ2n) is 12.6. The maximum Gasteiger partial charge on any atom is 0.339 e. The van der Waals surface area contributed by atoms with E-state index in [1.165, 1.54) is 24.3 Å². The summed E-state index contributed by atoms with van der Waals surface area (Å²) in [6, 6.07) is 17.1. The van der Waals surface area contributed by atoms with Crippen LogP contribution in [0.4, 0.5) is 5.69 Å². The molecule has 0 bridgehead atoms. The topological polar surface area (TPSA) is 217 Å². The molecule has 1 aromatic heterocycles. The van der Waals surface area contributed by atoms with E-state index in [2.05, 4.69) is 0 Å². The quantitative estimate of drug-likeness (QED) is 0.0654. The number of nitrogens with zero attached hydrogens (tertiary/aromatic N) is 1. The molecule has 1 aliphatic rings. The van der Waals surface area contributed by atoms with Gasteiger partial charge in [0.15, 0.2) is 15.6 Å². The van der Waals surface area contributed by atoms with Crippen LogP contribution in [0.5, 0.6) is 5.75 Å². The number of nitrogens with two attached hydrogens (primary N) is 2. The number of hydrogen-bond acceptors (Lipinski definition) is 13. The molecule has 1 heterocycles. The van der Waals surface area contributed by atoms with Crippen molar-refractivity contribution in [2.75, 3.05) is 18.7 Å². The van der Waals surface area contributed by atoms with Crippen LogP contribution in [-0.2, 0) is 39.3 Å². The molecule has 3 atom stereocenters. The first-order valence-electron chi connectivity index (χ1n) is 16.5. The van der Waals surface area contributed by atoms with Gasteiger partial charge in [-0.3, -0.25) is 8.98 Å². The molecule has 1 fully saturated rings. The SMILES string of the molecule is CCCC(N)(c1cc(O)cc(=O)o1)C(C(=O)CC(CCCCC=O)(C1CC1)S(=O)(=O)c1ccccc1)(N(CN)c1ccccc1)S(=O)(=O)OC. The van der Waals surface area contributed by atoms with E-state index < -0.39 is 77.0 Å². The normalized spacial score (nSPS) is 17.2. The van der Waals surface area contributed by atoms with E-state index in [1.54, 1.807) is 43.3 Å². The Morgan fingerprint density at radius 3 is 2.16 bits per heavy atom. The summed E-state index contributed by atoms with van der Waals surface area (Å²) in [4.78, 5) is 37.5. The lowest BCUT2D eigenvalue weighted by molar-refractivity contribution is -0.125. The minimum absolute atomic E-state index is 0.0550. The number of benzene rings is 2. The first-order valence-corrected chi connectivity index (χ1v) is 19.3. The highest BCUT2D eigenvalue weighted by Crippen LogP contribution is 2.54. The molecular formula is C35H45N3O10S2. The molecule has 1 aliphatic carbocycles. The van der Waals surface area contributed by atoms with Gasteiger partial charge in [0.05, 0.1) is 29.5 Å². The molecule has 272 valence electrons. The third-order valence-corrected chi connectivity index (χ3v) is 14.2. The fourth-order valence-corrected chi connectivity index (χ4v) is 11.3. The molecule has 13 nitrogen and oxygen atoms in total. The predicted octanol–water partition coefficient (Wildman–Crippen LogP) is 3.74. The molecule has 3 aromatic rings. The Morgan fingerprint density at radius 1 is 1.02 bits per heavy atom. The van der Waals surface area contributed by atoms with E-state index >= 15 is 4.79 Å². The van der Waals surface area contributed by atoms with Crippen molar-refractivity contribution in [2.24, 2.45) is 17.4 Å². The summed E-state index contributed by atoms with van der Waals surface area (Å²) in [6.45, 7) is 1.01. The molecule has 0 saturated heterocycles. The zero-order chi connectivity index (χ0) is 36.8. The summed E-state index contributed by atoms with van der Waals surface area (Å²) in [5.74, 6) is -2.87. The number of sulfone groups is 1. The van der Waals surface area contributed by atoms with Crippen molar-refractivity contribution >= 4 is 37.7 Å². The van der Waals surface area contributed by atoms with Crippen molar-refractivity contribution in [1.29, 1.82) is 0 Å². The third-order valence-electron chi connectivity index (χ3n) is 9.58. The zero-order valence-electron chi connectivity index (χ0n) is 28.2. The van der Waals surface area contributed by atoms with Gasteiger partial charge in [-0.1, -0.05) is 56.2 Å². The van der Waals surface area contributed by atoms with Crippen LogP contribution in [0.3, 0.4) is 0 Å². The summed E-state index contributed by atoms with van der Waals surface area (Å²) >= 11 is 0. The van der Waals surface area contributed by atoms with Gasteiger partial charge in [0, 0.05) is 24.6 Å². The van der Waals surface area contributed by atoms with Crippen LogP contribution in [0.25, 0.3) is 0 Å². The predicted molar refractivity (Wildman–Crippen MR) is 187 cm³/mol. The Hall–Kier alpha value is -3.89. The van der Waals surface area contributed by atoms with Crippen molar-refractivity contribution in [3.05, 3.63) is 89.0 Å². The number of unbranched alkanes of at least 4 members (excludes halogenated alkanes) is 2. The van der Waals surface area contributed by atoms with Crippen LogP contribution in [0, 0.1) is 5.92 Å². The summed E-state index contributed by atoms with van der Waals surface area (Å²) in [6.07, 6.45) is 1.21. The second-order valence-corrected chi connectivity index (χ2v) is 16.7. The molecule has 0 aliphatic heterocycles. The van der Waals surface area contributed by atoms with Crippen LogP contribution < -0.4 is 22.0 Å². The van der Waals surface area contributed by atoms with Gasteiger partial charge in [0.25, 0.3) is 4.87 Å². The lowest BCUT2D eigenvalue weighted by atomic mass is 9.76. The number of carbonyl (C=O) groups excluding carboxylic acids is 2. The number of aromatic hydroxyl groups is 1. The summed E-state index contributed by atoms with van der Waals surface area (Å²) in [5.41, 5.74) is 10.1. The van der Waals surface area contributed by atoms with Crippen molar-refractivity contribution < 1.29 is 40.1 Å². The molecular weight excluding hydrogens is 687 g/mol. The van der Waals surface area contributed by atoms with Gasteiger partial charge in [-0.05, 0) is 62.3 Å². The number of aldehydes is 1. The molecule has 4 rings (SSSR count). The summed E-state index contributed by atoms with van der Waals surface area (Å²) < 4.78 is 68.2.